The zero-order valence-electron chi connectivity index (χ0n) is 15.6. The lowest BCUT2D eigenvalue weighted by Gasteiger charge is -2.38. The molecule has 1 saturated heterocycles. The number of nitrogens with zero attached hydrogens (tertiary/aromatic N) is 3. The number of morpholine rings is 1. The van der Waals surface area contributed by atoms with Crippen molar-refractivity contribution in [2.24, 2.45) is 0 Å². The highest BCUT2D eigenvalue weighted by Crippen LogP contribution is 2.19. The van der Waals surface area contributed by atoms with E-state index < -0.39 is 0 Å². The molecule has 0 saturated carbocycles. The van der Waals surface area contributed by atoms with Crippen molar-refractivity contribution in [3.63, 3.8) is 0 Å². The SMILES string of the molecule is C[C@@H]1CN([C@@H](C)CNC(=O)Nc2ccccc2-n2cccn2)C[C@H](C)O1. The average Bonchev–Trinajstić information content (AvgIpc) is 3.13. The van der Waals surface area contributed by atoms with Gasteiger partial charge in [-0.3, -0.25) is 4.90 Å². The molecule has 0 aliphatic carbocycles. The van der Waals surface area contributed by atoms with E-state index in [0.717, 1.165) is 24.5 Å². The van der Waals surface area contributed by atoms with Gasteiger partial charge in [0.15, 0.2) is 0 Å². The van der Waals surface area contributed by atoms with Gasteiger partial charge in [-0.2, -0.15) is 5.10 Å². The Morgan fingerprint density at radius 2 is 2.00 bits per heavy atom. The van der Waals surface area contributed by atoms with Crippen LogP contribution < -0.4 is 10.6 Å². The number of hydrogen-bond acceptors (Lipinski definition) is 4. The minimum Gasteiger partial charge on any atom is -0.373 e. The maximum atomic E-state index is 12.4. The highest BCUT2D eigenvalue weighted by Gasteiger charge is 2.25. The lowest BCUT2D eigenvalue weighted by Crippen LogP contribution is -2.52. The molecule has 1 aliphatic heterocycles. The molecular weight excluding hydrogens is 330 g/mol. The maximum Gasteiger partial charge on any atom is 0.319 e. The van der Waals surface area contributed by atoms with Crippen molar-refractivity contribution in [3.8, 4) is 5.69 Å². The summed E-state index contributed by atoms with van der Waals surface area (Å²) in [5.41, 5.74) is 1.55. The van der Waals surface area contributed by atoms with Crippen molar-refractivity contribution in [1.29, 1.82) is 0 Å². The molecule has 2 amide bonds. The summed E-state index contributed by atoms with van der Waals surface area (Å²) in [5.74, 6) is 0. The van der Waals surface area contributed by atoms with Gasteiger partial charge in [0.05, 0.1) is 23.6 Å². The van der Waals surface area contributed by atoms with E-state index in [9.17, 15) is 4.79 Å². The number of hydrogen-bond donors (Lipinski definition) is 2. The molecule has 1 aromatic carbocycles. The van der Waals surface area contributed by atoms with Crippen molar-refractivity contribution < 1.29 is 9.53 Å². The summed E-state index contributed by atoms with van der Waals surface area (Å²) in [6.45, 7) is 8.65. The van der Waals surface area contributed by atoms with Crippen molar-refractivity contribution in [1.82, 2.24) is 20.0 Å². The predicted molar refractivity (Wildman–Crippen MR) is 102 cm³/mol. The first kappa shape index (κ1) is 18.4. The van der Waals surface area contributed by atoms with Crippen molar-refractivity contribution in [2.75, 3.05) is 25.0 Å². The van der Waals surface area contributed by atoms with Crippen LogP contribution in [0.3, 0.4) is 0 Å². The monoisotopic (exact) mass is 357 g/mol. The van der Waals surface area contributed by atoms with Gasteiger partial charge in [0.2, 0.25) is 0 Å². The van der Waals surface area contributed by atoms with Crippen LogP contribution in [0, 0.1) is 0 Å². The molecule has 1 aromatic heterocycles. The minimum atomic E-state index is -0.217. The summed E-state index contributed by atoms with van der Waals surface area (Å²) in [5, 5.41) is 10.1. The van der Waals surface area contributed by atoms with Crippen LogP contribution in [-0.4, -0.2) is 58.6 Å². The van der Waals surface area contributed by atoms with E-state index in [-0.39, 0.29) is 24.3 Å². The van der Waals surface area contributed by atoms with Gasteiger partial charge in [-0.25, -0.2) is 9.48 Å². The number of urea groups is 1. The molecule has 0 spiro atoms. The molecule has 0 unspecified atom stereocenters. The van der Waals surface area contributed by atoms with Gasteiger partial charge in [0.25, 0.3) is 0 Å². The molecule has 140 valence electrons. The fourth-order valence-corrected chi connectivity index (χ4v) is 3.30. The molecule has 2 aromatic rings. The highest BCUT2D eigenvalue weighted by atomic mass is 16.5. The third-order valence-electron chi connectivity index (χ3n) is 4.53. The van der Waals surface area contributed by atoms with Crippen LogP contribution in [-0.2, 0) is 4.74 Å². The van der Waals surface area contributed by atoms with E-state index in [0.29, 0.717) is 6.54 Å². The van der Waals surface area contributed by atoms with Crippen LogP contribution in [0.4, 0.5) is 10.5 Å². The quantitative estimate of drug-likeness (QED) is 0.862. The lowest BCUT2D eigenvalue weighted by molar-refractivity contribution is -0.0777. The molecule has 7 heteroatoms. The number of carbonyl (C=O) groups excluding carboxylic acids is 1. The second-order valence-corrected chi connectivity index (χ2v) is 6.86. The van der Waals surface area contributed by atoms with Crippen LogP contribution in [0.2, 0.25) is 0 Å². The van der Waals surface area contributed by atoms with Crippen molar-refractivity contribution >= 4 is 11.7 Å². The molecule has 3 atom stereocenters. The van der Waals surface area contributed by atoms with Gasteiger partial charge in [0, 0.05) is 38.1 Å². The Bertz CT molecular complexity index is 708. The first-order chi connectivity index (χ1) is 12.5. The second kappa shape index (κ2) is 8.33. The Morgan fingerprint density at radius 3 is 2.69 bits per heavy atom. The Kier molecular flexibility index (Phi) is 5.90. The normalized spacial score (nSPS) is 22.0. The zero-order valence-corrected chi connectivity index (χ0v) is 15.6. The van der Waals surface area contributed by atoms with E-state index in [4.69, 9.17) is 4.74 Å². The van der Waals surface area contributed by atoms with Crippen LogP contribution in [0.5, 0.6) is 0 Å². The number of anilines is 1. The van der Waals surface area contributed by atoms with Crippen molar-refractivity contribution in [2.45, 2.75) is 39.0 Å². The lowest BCUT2D eigenvalue weighted by atomic mass is 10.2. The van der Waals surface area contributed by atoms with Crippen LogP contribution in [0.15, 0.2) is 42.7 Å². The number of carbonyl (C=O) groups is 1. The summed E-state index contributed by atoms with van der Waals surface area (Å²) in [4.78, 5) is 14.7. The third-order valence-corrected chi connectivity index (χ3v) is 4.53. The summed E-state index contributed by atoms with van der Waals surface area (Å²) in [6, 6.07) is 9.47. The van der Waals surface area contributed by atoms with Crippen LogP contribution >= 0.6 is 0 Å². The van der Waals surface area contributed by atoms with Gasteiger partial charge < -0.3 is 15.4 Å². The first-order valence-electron chi connectivity index (χ1n) is 9.06. The molecule has 2 N–H and O–H groups in total. The number of amides is 2. The zero-order chi connectivity index (χ0) is 18.5. The number of nitrogens with one attached hydrogen (secondary N) is 2. The van der Waals surface area contributed by atoms with E-state index in [2.05, 4.69) is 41.4 Å². The van der Waals surface area contributed by atoms with Crippen molar-refractivity contribution in [3.05, 3.63) is 42.7 Å². The summed E-state index contributed by atoms with van der Waals surface area (Å²) in [6.07, 6.45) is 4.00. The second-order valence-electron chi connectivity index (χ2n) is 6.86. The molecule has 1 aliphatic rings. The maximum absolute atomic E-state index is 12.4. The Morgan fingerprint density at radius 1 is 1.27 bits per heavy atom. The minimum absolute atomic E-state index is 0.217. The fraction of sp³-hybridized carbons (Fsp3) is 0.474. The van der Waals surface area contributed by atoms with E-state index in [1.807, 2.05) is 36.5 Å². The number of benzene rings is 1. The molecule has 0 bridgehead atoms. The molecule has 0 radical (unpaired) electrons. The van der Waals surface area contributed by atoms with E-state index in [1.165, 1.54) is 0 Å². The van der Waals surface area contributed by atoms with Gasteiger partial charge >= 0.3 is 6.03 Å². The number of ether oxygens (including phenoxy) is 1. The van der Waals surface area contributed by atoms with E-state index >= 15 is 0 Å². The highest BCUT2D eigenvalue weighted by molar-refractivity contribution is 5.91. The molecule has 3 rings (SSSR count). The van der Waals surface area contributed by atoms with Gasteiger partial charge in [-0.05, 0) is 39.0 Å². The van der Waals surface area contributed by atoms with Gasteiger partial charge in [0.1, 0.15) is 0 Å². The standard InChI is InChI=1S/C19H27N5O2/c1-14(23-12-15(2)26-16(3)13-23)11-20-19(25)22-17-7-4-5-8-18(17)24-10-6-9-21-24/h4-10,14-16H,11-13H2,1-3H3,(H2,20,22,25)/t14-,15-,16+/m0/s1. The largest absolute Gasteiger partial charge is 0.373 e. The summed E-state index contributed by atoms with van der Waals surface area (Å²) < 4.78 is 7.50. The number of rotatable bonds is 5. The number of para-hydroxylation sites is 2. The smallest absolute Gasteiger partial charge is 0.319 e. The number of aromatic nitrogens is 2. The first-order valence-corrected chi connectivity index (χ1v) is 9.06. The van der Waals surface area contributed by atoms with Gasteiger partial charge in [-0.1, -0.05) is 12.1 Å². The predicted octanol–water partition coefficient (Wildman–Crippen LogP) is 2.49. The van der Waals surface area contributed by atoms with E-state index in [1.54, 1.807) is 10.9 Å². The molecule has 1 fully saturated rings. The third kappa shape index (κ3) is 4.62. The Labute approximate surface area is 154 Å². The summed E-state index contributed by atoms with van der Waals surface area (Å²) in [7, 11) is 0. The topological polar surface area (TPSA) is 71.4 Å². The Hall–Kier alpha value is -2.38. The van der Waals surface area contributed by atoms with Crippen LogP contribution in [0.25, 0.3) is 5.69 Å². The average molecular weight is 357 g/mol. The molecule has 7 nitrogen and oxygen atoms in total. The Balaban J connectivity index is 1.55. The molecule has 26 heavy (non-hydrogen) atoms. The summed E-state index contributed by atoms with van der Waals surface area (Å²) >= 11 is 0. The van der Waals surface area contributed by atoms with Crippen LogP contribution in [0.1, 0.15) is 20.8 Å². The fourth-order valence-electron chi connectivity index (χ4n) is 3.30. The van der Waals surface area contributed by atoms with Gasteiger partial charge in [-0.15, -0.1) is 0 Å². The molecule has 2 heterocycles. The molecular formula is C19H27N5O2.